The lowest BCUT2D eigenvalue weighted by Gasteiger charge is -2.07. The van der Waals surface area contributed by atoms with Crippen LogP contribution in [0.1, 0.15) is 11.1 Å². The van der Waals surface area contributed by atoms with Crippen LogP contribution >= 0.6 is 0 Å². The SMILES string of the molecule is C=NC(=Nc1ccc(-c2cccc(F)c2)cc1C)c1cccnc1. The summed E-state index contributed by atoms with van der Waals surface area (Å²) in [5.74, 6) is 0.270. The fourth-order valence-corrected chi connectivity index (χ4v) is 2.43. The Labute approximate surface area is 140 Å². The van der Waals surface area contributed by atoms with E-state index < -0.39 is 0 Å². The van der Waals surface area contributed by atoms with Gasteiger partial charge >= 0.3 is 0 Å². The van der Waals surface area contributed by atoms with Crippen LogP contribution in [0.5, 0.6) is 0 Å². The lowest BCUT2D eigenvalue weighted by Crippen LogP contribution is -1.96. The van der Waals surface area contributed by atoms with Crippen molar-refractivity contribution in [1.82, 2.24) is 4.98 Å². The third-order valence-electron chi connectivity index (χ3n) is 3.65. The van der Waals surface area contributed by atoms with Crippen molar-refractivity contribution in [2.24, 2.45) is 9.98 Å². The highest BCUT2D eigenvalue weighted by Crippen LogP contribution is 2.27. The molecule has 1 aromatic heterocycles. The van der Waals surface area contributed by atoms with Crippen molar-refractivity contribution in [2.75, 3.05) is 0 Å². The van der Waals surface area contributed by atoms with Gasteiger partial charge in [0.15, 0.2) is 5.84 Å². The van der Waals surface area contributed by atoms with Gasteiger partial charge in [0.2, 0.25) is 0 Å². The number of aromatic nitrogens is 1. The molecule has 0 N–H and O–H groups in total. The van der Waals surface area contributed by atoms with E-state index in [1.54, 1.807) is 18.5 Å². The highest BCUT2D eigenvalue weighted by molar-refractivity contribution is 6.02. The number of halogens is 1. The average molecular weight is 317 g/mol. The van der Waals surface area contributed by atoms with Crippen LogP contribution in [0.3, 0.4) is 0 Å². The quantitative estimate of drug-likeness (QED) is 0.496. The first-order chi connectivity index (χ1) is 11.7. The second-order valence-electron chi connectivity index (χ2n) is 5.35. The molecule has 0 amide bonds. The zero-order chi connectivity index (χ0) is 16.9. The fraction of sp³-hybridized carbons (Fsp3) is 0.0500. The molecule has 0 radical (unpaired) electrons. The molecule has 24 heavy (non-hydrogen) atoms. The van der Waals surface area contributed by atoms with Gasteiger partial charge in [0, 0.05) is 18.0 Å². The molecule has 0 spiro atoms. The Kier molecular flexibility index (Phi) is 4.57. The average Bonchev–Trinajstić information content (AvgIpc) is 2.61. The topological polar surface area (TPSA) is 37.6 Å². The number of hydrogen-bond acceptors (Lipinski definition) is 2. The smallest absolute Gasteiger partial charge is 0.160 e. The predicted molar refractivity (Wildman–Crippen MR) is 96.6 cm³/mol. The second kappa shape index (κ2) is 6.96. The van der Waals surface area contributed by atoms with Crippen molar-refractivity contribution >= 4 is 18.2 Å². The van der Waals surface area contributed by atoms with Crippen LogP contribution in [0.4, 0.5) is 10.1 Å². The zero-order valence-electron chi connectivity index (χ0n) is 13.3. The molecule has 0 aliphatic rings. The Morgan fingerprint density at radius 1 is 1.04 bits per heavy atom. The largest absolute Gasteiger partial charge is 0.264 e. The number of aliphatic imine (C=N–C) groups is 2. The van der Waals surface area contributed by atoms with Gasteiger partial charge in [0.25, 0.3) is 0 Å². The molecular formula is C20H16FN3. The van der Waals surface area contributed by atoms with E-state index in [4.69, 9.17) is 0 Å². The second-order valence-corrected chi connectivity index (χ2v) is 5.35. The van der Waals surface area contributed by atoms with Crippen molar-refractivity contribution in [3.63, 3.8) is 0 Å². The summed E-state index contributed by atoms with van der Waals surface area (Å²) < 4.78 is 13.4. The lowest BCUT2D eigenvalue weighted by atomic mass is 10.0. The number of nitrogens with zero attached hydrogens (tertiary/aromatic N) is 3. The van der Waals surface area contributed by atoms with Gasteiger partial charge < -0.3 is 0 Å². The molecule has 0 atom stereocenters. The summed E-state index contributed by atoms with van der Waals surface area (Å²) in [7, 11) is 0. The Morgan fingerprint density at radius 2 is 1.88 bits per heavy atom. The van der Waals surface area contributed by atoms with Crippen LogP contribution in [-0.2, 0) is 0 Å². The van der Waals surface area contributed by atoms with E-state index in [0.717, 1.165) is 27.9 Å². The normalized spacial score (nSPS) is 11.3. The molecule has 4 heteroatoms. The van der Waals surface area contributed by atoms with Gasteiger partial charge in [-0.1, -0.05) is 18.2 Å². The summed E-state index contributed by atoms with van der Waals surface area (Å²) in [6.45, 7) is 5.55. The van der Waals surface area contributed by atoms with Gasteiger partial charge in [-0.15, -0.1) is 0 Å². The summed E-state index contributed by atoms with van der Waals surface area (Å²) >= 11 is 0. The van der Waals surface area contributed by atoms with E-state index >= 15 is 0 Å². The molecule has 0 unspecified atom stereocenters. The van der Waals surface area contributed by atoms with Gasteiger partial charge in [0.05, 0.1) is 5.69 Å². The van der Waals surface area contributed by atoms with Gasteiger partial charge in [-0.25, -0.2) is 14.4 Å². The first kappa shape index (κ1) is 15.7. The van der Waals surface area contributed by atoms with Crippen LogP contribution in [0.25, 0.3) is 11.1 Å². The Hall–Kier alpha value is -3.14. The number of amidine groups is 1. The fourth-order valence-electron chi connectivity index (χ4n) is 2.43. The summed E-state index contributed by atoms with van der Waals surface area (Å²) in [6, 6.07) is 16.1. The first-order valence-corrected chi connectivity index (χ1v) is 7.50. The Bertz CT molecular complexity index is 902. The molecule has 0 aliphatic heterocycles. The van der Waals surface area contributed by atoms with Crippen LogP contribution < -0.4 is 0 Å². The Balaban J connectivity index is 1.98. The predicted octanol–water partition coefficient (Wildman–Crippen LogP) is 4.98. The molecule has 0 saturated heterocycles. The minimum Gasteiger partial charge on any atom is -0.264 e. The molecule has 3 nitrogen and oxygen atoms in total. The van der Waals surface area contributed by atoms with E-state index in [2.05, 4.69) is 21.7 Å². The van der Waals surface area contributed by atoms with Crippen LogP contribution in [-0.4, -0.2) is 17.5 Å². The molecule has 3 rings (SSSR count). The Morgan fingerprint density at radius 3 is 2.54 bits per heavy atom. The summed E-state index contributed by atoms with van der Waals surface area (Å²) in [6.07, 6.45) is 3.40. The summed E-state index contributed by atoms with van der Waals surface area (Å²) in [5, 5.41) is 0. The van der Waals surface area contributed by atoms with Crippen molar-refractivity contribution in [2.45, 2.75) is 6.92 Å². The summed E-state index contributed by atoms with van der Waals surface area (Å²) in [4.78, 5) is 12.6. The number of pyridine rings is 1. The molecule has 118 valence electrons. The molecule has 3 aromatic rings. The maximum atomic E-state index is 13.4. The van der Waals surface area contributed by atoms with Gasteiger partial charge in [0.1, 0.15) is 5.82 Å². The highest BCUT2D eigenvalue weighted by atomic mass is 19.1. The molecular weight excluding hydrogens is 301 g/mol. The van der Waals surface area contributed by atoms with Crippen molar-refractivity contribution in [1.29, 1.82) is 0 Å². The maximum absolute atomic E-state index is 13.4. The summed E-state index contributed by atoms with van der Waals surface area (Å²) in [5.41, 5.74) is 4.35. The van der Waals surface area contributed by atoms with E-state index in [-0.39, 0.29) is 5.82 Å². The van der Waals surface area contributed by atoms with Crippen molar-refractivity contribution < 1.29 is 4.39 Å². The third kappa shape index (κ3) is 3.43. The number of hydrogen-bond donors (Lipinski definition) is 0. The van der Waals surface area contributed by atoms with Crippen molar-refractivity contribution in [3.8, 4) is 11.1 Å². The zero-order valence-corrected chi connectivity index (χ0v) is 13.3. The molecule has 0 bridgehead atoms. The lowest BCUT2D eigenvalue weighted by molar-refractivity contribution is 0.628. The van der Waals surface area contributed by atoms with Crippen LogP contribution in [0.2, 0.25) is 0 Å². The van der Waals surface area contributed by atoms with Gasteiger partial charge in [-0.3, -0.25) is 4.98 Å². The minimum absolute atomic E-state index is 0.248. The van der Waals surface area contributed by atoms with E-state index in [1.165, 1.54) is 12.1 Å². The third-order valence-corrected chi connectivity index (χ3v) is 3.65. The monoisotopic (exact) mass is 317 g/mol. The van der Waals surface area contributed by atoms with E-state index in [9.17, 15) is 4.39 Å². The minimum atomic E-state index is -0.248. The highest BCUT2D eigenvalue weighted by Gasteiger charge is 2.06. The van der Waals surface area contributed by atoms with Crippen LogP contribution in [0, 0.1) is 12.7 Å². The number of benzene rings is 2. The maximum Gasteiger partial charge on any atom is 0.160 e. The molecule has 2 aromatic carbocycles. The van der Waals surface area contributed by atoms with Crippen LogP contribution in [0.15, 0.2) is 77.0 Å². The number of aryl methyl sites for hydroxylation is 1. The molecule has 1 heterocycles. The van der Waals surface area contributed by atoms with Crippen molar-refractivity contribution in [3.05, 3.63) is 83.9 Å². The standard InChI is InChI=1S/C20H16FN3/c1-14-11-16(15-5-3-7-18(21)12-15)8-9-19(14)24-20(22-2)17-6-4-10-23-13-17/h3-13H,2H2,1H3. The molecule has 0 aliphatic carbocycles. The molecule has 0 saturated carbocycles. The van der Waals surface area contributed by atoms with Gasteiger partial charge in [-0.05, 0) is 66.7 Å². The van der Waals surface area contributed by atoms with E-state index in [0.29, 0.717) is 5.84 Å². The first-order valence-electron chi connectivity index (χ1n) is 7.50. The molecule has 0 fully saturated rings. The van der Waals surface area contributed by atoms with Gasteiger partial charge in [-0.2, -0.15) is 0 Å². The number of rotatable bonds is 3. The van der Waals surface area contributed by atoms with E-state index in [1.807, 2.05) is 43.3 Å².